The van der Waals surface area contributed by atoms with E-state index < -0.39 is 11.6 Å². The molecule has 0 saturated carbocycles. The third-order valence-corrected chi connectivity index (χ3v) is 3.33. The summed E-state index contributed by atoms with van der Waals surface area (Å²) in [5.74, 6) is -1.34. The summed E-state index contributed by atoms with van der Waals surface area (Å²) in [6.45, 7) is 7.48. The lowest BCUT2D eigenvalue weighted by molar-refractivity contribution is 0.510. The minimum Gasteiger partial charge on any atom is -0.232 e. The Kier molecular flexibility index (Phi) is 3.78. The highest BCUT2D eigenvalue weighted by molar-refractivity contribution is 6.30. The summed E-state index contributed by atoms with van der Waals surface area (Å²) >= 11 is 6.10. The van der Waals surface area contributed by atoms with Gasteiger partial charge in [-0.15, -0.1) is 0 Å². The Bertz CT molecular complexity index is 664. The molecule has 0 saturated heterocycles. The smallest absolute Gasteiger partial charge is 0.168 e. The molecule has 0 fully saturated rings. The summed E-state index contributed by atoms with van der Waals surface area (Å²) in [6, 6.07) is 4.00. The molecule has 0 aliphatic rings. The van der Waals surface area contributed by atoms with Crippen molar-refractivity contribution in [3.8, 4) is 11.3 Å². The molecule has 1 aromatic heterocycles. The van der Waals surface area contributed by atoms with Crippen molar-refractivity contribution in [2.75, 3.05) is 0 Å². The molecule has 0 bridgehead atoms. The van der Waals surface area contributed by atoms with Crippen LogP contribution in [0.15, 0.2) is 18.2 Å². The Morgan fingerprint density at radius 2 is 1.75 bits per heavy atom. The van der Waals surface area contributed by atoms with E-state index in [9.17, 15) is 8.78 Å². The van der Waals surface area contributed by atoms with Crippen LogP contribution in [0.5, 0.6) is 0 Å². The summed E-state index contributed by atoms with van der Waals surface area (Å²) in [5, 5.41) is 0.253. The normalized spacial score (nSPS) is 11.8. The SMILES string of the molecule is Cc1c(Cl)nc(C(C)(C)C)nc1-c1cccc(F)c1F. The first-order chi connectivity index (χ1) is 9.21. The minimum atomic E-state index is -0.926. The Hall–Kier alpha value is -1.55. The Labute approximate surface area is 121 Å². The quantitative estimate of drug-likeness (QED) is 0.714. The molecule has 1 heterocycles. The van der Waals surface area contributed by atoms with Crippen molar-refractivity contribution in [3.05, 3.63) is 46.4 Å². The highest BCUT2D eigenvalue weighted by Gasteiger charge is 2.22. The molecule has 20 heavy (non-hydrogen) atoms. The van der Waals surface area contributed by atoms with E-state index in [2.05, 4.69) is 9.97 Å². The Morgan fingerprint density at radius 1 is 1.10 bits per heavy atom. The van der Waals surface area contributed by atoms with Gasteiger partial charge >= 0.3 is 0 Å². The molecule has 0 N–H and O–H groups in total. The molecule has 2 nitrogen and oxygen atoms in total. The Balaban J connectivity index is 2.74. The zero-order chi connectivity index (χ0) is 15.1. The maximum absolute atomic E-state index is 13.9. The number of nitrogens with zero attached hydrogens (tertiary/aromatic N) is 2. The van der Waals surface area contributed by atoms with Crippen LogP contribution in [0.1, 0.15) is 32.2 Å². The molecule has 0 spiro atoms. The molecule has 0 radical (unpaired) electrons. The second-order valence-corrected chi connectivity index (χ2v) is 6.02. The van der Waals surface area contributed by atoms with E-state index in [0.717, 1.165) is 6.07 Å². The lowest BCUT2D eigenvalue weighted by Gasteiger charge is -2.19. The first-order valence-corrected chi connectivity index (χ1v) is 6.58. The third-order valence-electron chi connectivity index (χ3n) is 2.96. The van der Waals surface area contributed by atoms with Crippen molar-refractivity contribution in [3.63, 3.8) is 0 Å². The standard InChI is InChI=1S/C15H15ClF2N2/c1-8-12(9-6-5-7-10(17)11(9)18)19-14(15(2,3)4)20-13(8)16/h5-7H,1-4H3. The lowest BCUT2D eigenvalue weighted by atomic mass is 9.95. The summed E-state index contributed by atoms with van der Waals surface area (Å²) < 4.78 is 27.3. The first kappa shape index (κ1) is 14.9. The van der Waals surface area contributed by atoms with E-state index in [-0.39, 0.29) is 16.1 Å². The van der Waals surface area contributed by atoms with E-state index >= 15 is 0 Å². The van der Waals surface area contributed by atoms with Crippen molar-refractivity contribution < 1.29 is 8.78 Å². The van der Waals surface area contributed by atoms with Crippen molar-refractivity contribution >= 4 is 11.6 Å². The zero-order valence-corrected chi connectivity index (χ0v) is 12.5. The first-order valence-electron chi connectivity index (χ1n) is 6.21. The predicted octanol–water partition coefficient (Wildman–Crippen LogP) is 4.68. The molecule has 106 valence electrons. The summed E-state index contributed by atoms with van der Waals surface area (Å²) in [7, 11) is 0. The van der Waals surface area contributed by atoms with Gasteiger partial charge in [-0.2, -0.15) is 0 Å². The van der Waals surface area contributed by atoms with Gasteiger partial charge in [0.2, 0.25) is 0 Å². The fourth-order valence-electron chi connectivity index (χ4n) is 1.77. The number of hydrogen-bond acceptors (Lipinski definition) is 2. The topological polar surface area (TPSA) is 25.8 Å². The summed E-state index contributed by atoms with van der Waals surface area (Å²) in [6.07, 6.45) is 0. The molecule has 0 unspecified atom stereocenters. The molecule has 2 rings (SSSR count). The molecule has 0 atom stereocenters. The van der Waals surface area contributed by atoms with Crippen LogP contribution in [0.3, 0.4) is 0 Å². The molecular weight excluding hydrogens is 282 g/mol. The molecule has 0 aliphatic heterocycles. The zero-order valence-electron chi connectivity index (χ0n) is 11.8. The van der Waals surface area contributed by atoms with E-state index in [4.69, 9.17) is 11.6 Å². The fraction of sp³-hybridized carbons (Fsp3) is 0.333. The fourth-order valence-corrected chi connectivity index (χ4v) is 1.94. The van der Waals surface area contributed by atoms with Gasteiger partial charge in [-0.05, 0) is 19.1 Å². The minimum absolute atomic E-state index is 0.0947. The van der Waals surface area contributed by atoms with Gasteiger partial charge in [0.05, 0.1) is 5.69 Å². The van der Waals surface area contributed by atoms with Gasteiger partial charge in [0.1, 0.15) is 11.0 Å². The van der Waals surface area contributed by atoms with Crippen LogP contribution in [0.25, 0.3) is 11.3 Å². The number of halogens is 3. The van der Waals surface area contributed by atoms with Gasteiger partial charge in [-0.3, -0.25) is 0 Å². The molecule has 2 aromatic rings. The van der Waals surface area contributed by atoms with Gasteiger partial charge in [-0.1, -0.05) is 38.4 Å². The van der Waals surface area contributed by atoms with Crippen LogP contribution >= 0.6 is 11.6 Å². The van der Waals surface area contributed by atoms with Gasteiger partial charge in [0.25, 0.3) is 0 Å². The van der Waals surface area contributed by atoms with Crippen LogP contribution in [0, 0.1) is 18.6 Å². The summed E-state index contributed by atoms with van der Waals surface area (Å²) in [4.78, 5) is 8.59. The molecule has 0 amide bonds. The third kappa shape index (κ3) is 2.66. The maximum Gasteiger partial charge on any atom is 0.168 e. The second-order valence-electron chi connectivity index (χ2n) is 5.66. The highest BCUT2D eigenvalue weighted by atomic mass is 35.5. The van der Waals surface area contributed by atoms with Crippen LogP contribution < -0.4 is 0 Å². The van der Waals surface area contributed by atoms with E-state index in [0.29, 0.717) is 17.1 Å². The van der Waals surface area contributed by atoms with E-state index in [1.54, 1.807) is 6.92 Å². The highest BCUT2D eigenvalue weighted by Crippen LogP contribution is 2.31. The largest absolute Gasteiger partial charge is 0.232 e. The molecule has 1 aromatic carbocycles. The van der Waals surface area contributed by atoms with Crippen LogP contribution in [0.4, 0.5) is 8.78 Å². The predicted molar refractivity (Wildman–Crippen MR) is 75.8 cm³/mol. The van der Waals surface area contributed by atoms with Gasteiger partial charge in [0, 0.05) is 16.5 Å². The van der Waals surface area contributed by atoms with Crippen molar-refractivity contribution in [1.82, 2.24) is 9.97 Å². The number of benzene rings is 1. The van der Waals surface area contributed by atoms with Crippen LogP contribution in [0.2, 0.25) is 5.15 Å². The number of rotatable bonds is 1. The van der Waals surface area contributed by atoms with Crippen LogP contribution in [-0.2, 0) is 5.41 Å². The van der Waals surface area contributed by atoms with Crippen LogP contribution in [-0.4, -0.2) is 9.97 Å². The van der Waals surface area contributed by atoms with E-state index in [1.165, 1.54) is 12.1 Å². The maximum atomic E-state index is 13.9. The average Bonchev–Trinajstić information content (AvgIpc) is 2.35. The summed E-state index contributed by atoms with van der Waals surface area (Å²) in [5.41, 5.74) is 0.615. The number of hydrogen-bond donors (Lipinski definition) is 0. The van der Waals surface area contributed by atoms with Gasteiger partial charge < -0.3 is 0 Å². The van der Waals surface area contributed by atoms with Gasteiger partial charge in [-0.25, -0.2) is 18.7 Å². The Morgan fingerprint density at radius 3 is 2.35 bits per heavy atom. The second kappa shape index (κ2) is 5.09. The number of aromatic nitrogens is 2. The average molecular weight is 297 g/mol. The molecule has 5 heteroatoms. The van der Waals surface area contributed by atoms with Gasteiger partial charge in [0.15, 0.2) is 11.6 Å². The monoisotopic (exact) mass is 296 g/mol. The van der Waals surface area contributed by atoms with E-state index in [1.807, 2.05) is 20.8 Å². The lowest BCUT2D eigenvalue weighted by Crippen LogP contribution is -2.17. The molecular formula is C15H15ClF2N2. The molecule has 0 aliphatic carbocycles. The van der Waals surface area contributed by atoms with Crippen molar-refractivity contribution in [2.24, 2.45) is 0 Å². The van der Waals surface area contributed by atoms with Crippen molar-refractivity contribution in [2.45, 2.75) is 33.1 Å². The van der Waals surface area contributed by atoms with Crippen molar-refractivity contribution in [1.29, 1.82) is 0 Å².